The lowest BCUT2D eigenvalue weighted by Crippen LogP contribution is -1.92. The molecule has 2 aromatic rings. The fourth-order valence-electron chi connectivity index (χ4n) is 1.25. The number of aromatic nitrogens is 1. The summed E-state index contributed by atoms with van der Waals surface area (Å²) in [5.41, 5.74) is 0.654. The number of H-pyrrole nitrogens is 1. The van der Waals surface area contributed by atoms with Crippen LogP contribution in [0.2, 0.25) is 0 Å². The highest BCUT2D eigenvalue weighted by molar-refractivity contribution is 5.22. The number of rotatable bonds is 2. The van der Waals surface area contributed by atoms with Gasteiger partial charge in [-0.25, -0.2) is 14.3 Å². The first kappa shape index (κ1) is 8.74. The van der Waals surface area contributed by atoms with E-state index in [2.05, 4.69) is 9.68 Å². The summed E-state index contributed by atoms with van der Waals surface area (Å²) >= 11 is 0. The summed E-state index contributed by atoms with van der Waals surface area (Å²) in [6, 6.07) is 7.73. The Labute approximate surface area is 79.1 Å². The molecule has 0 aliphatic heterocycles. The first-order valence-electron chi connectivity index (χ1n) is 4.16. The van der Waals surface area contributed by atoms with E-state index in [0.717, 1.165) is 0 Å². The van der Waals surface area contributed by atoms with Crippen LogP contribution < -0.4 is 5.63 Å². The molecule has 0 amide bonds. The van der Waals surface area contributed by atoms with E-state index in [1.54, 1.807) is 18.2 Å². The second kappa shape index (κ2) is 3.49. The Hall–Kier alpha value is -1.84. The molecule has 0 aliphatic rings. The second-order valence-electron chi connectivity index (χ2n) is 2.96. The van der Waals surface area contributed by atoms with Crippen molar-refractivity contribution in [3.05, 3.63) is 57.8 Å². The number of aromatic amines is 1. The molecule has 0 atom stereocenters. The Kier molecular flexibility index (Phi) is 2.18. The van der Waals surface area contributed by atoms with Crippen molar-refractivity contribution in [2.45, 2.75) is 6.42 Å². The first-order valence-corrected chi connectivity index (χ1v) is 4.16. The normalized spacial score (nSPS) is 10.4. The smallest absolute Gasteiger partial charge is 0.339 e. The van der Waals surface area contributed by atoms with Gasteiger partial charge < -0.3 is 4.52 Å². The van der Waals surface area contributed by atoms with Crippen molar-refractivity contribution in [3.8, 4) is 0 Å². The van der Waals surface area contributed by atoms with Gasteiger partial charge in [0.25, 0.3) is 0 Å². The lowest BCUT2D eigenvalue weighted by molar-refractivity contribution is 0.386. The Morgan fingerprint density at radius 3 is 2.79 bits per heavy atom. The zero-order valence-corrected chi connectivity index (χ0v) is 7.29. The minimum atomic E-state index is -0.448. The van der Waals surface area contributed by atoms with Crippen molar-refractivity contribution >= 4 is 0 Å². The van der Waals surface area contributed by atoms with Crippen molar-refractivity contribution in [3.63, 3.8) is 0 Å². The summed E-state index contributed by atoms with van der Waals surface area (Å²) < 4.78 is 17.6. The van der Waals surface area contributed by atoms with Crippen molar-refractivity contribution < 1.29 is 8.91 Å². The standard InChI is InChI=1S/C10H8FNO2/c11-9-4-2-1-3-7(9)5-8-6-10(13)14-12-8/h1-4,6,12H,5H2. The molecule has 0 saturated heterocycles. The van der Waals surface area contributed by atoms with Crippen LogP contribution >= 0.6 is 0 Å². The number of hydrogen-bond donors (Lipinski definition) is 1. The van der Waals surface area contributed by atoms with E-state index >= 15 is 0 Å². The topological polar surface area (TPSA) is 46.0 Å². The van der Waals surface area contributed by atoms with E-state index < -0.39 is 5.63 Å². The predicted octanol–water partition coefficient (Wildman–Crippen LogP) is 1.70. The van der Waals surface area contributed by atoms with Gasteiger partial charge in [0.2, 0.25) is 0 Å². The van der Waals surface area contributed by atoms with Crippen LogP contribution in [0.4, 0.5) is 4.39 Å². The van der Waals surface area contributed by atoms with Crippen LogP contribution in [0.5, 0.6) is 0 Å². The molecule has 0 fully saturated rings. The molecule has 0 saturated carbocycles. The van der Waals surface area contributed by atoms with Crippen LogP contribution in [-0.4, -0.2) is 5.16 Å². The number of nitrogens with one attached hydrogen (secondary N) is 1. The Balaban J connectivity index is 2.27. The molecule has 1 aromatic heterocycles. The van der Waals surface area contributed by atoms with Crippen LogP contribution in [0.1, 0.15) is 11.3 Å². The highest BCUT2D eigenvalue weighted by atomic mass is 19.1. The van der Waals surface area contributed by atoms with Gasteiger partial charge in [-0.15, -0.1) is 0 Å². The number of halogens is 1. The molecular formula is C10H8FNO2. The van der Waals surface area contributed by atoms with Gasteiger partial charge in [0.1, 0.15) is 5.82 Å². The molecule has 0 bridgehead atoms. The average molecular weight is 193 g/mol. The van der Waals surface area contributed by atoms with Gasteiger partial charge in [0.05, 0.1) is 5.69 Å². The minimum absolute atomic E-state index is 0.283. The van der Waals surface area contributed by atoms with E-state index in [4.69, 9.17) is 0 Å². The molecule has 1 heterocycles. The van der Waals surface area contributed by atoms with Crippen molar-refractivity contribution in [1.82, 2.24) is 5.16 Å². The summed E-state index contributed by atoms with van der Waals surface area (Å²) in [6.45, 7) is 0. The molecule has 3 nitrogen and oxygen atoms in total. The fourth-order valence-corrected chi connectivity index (χ4v) is 1.25. The lowest BCUT2D eigenvalue weighted by atomic mass is 10.1. The molecule has 0 aliphatic carbocycles. The van der Waals surface area contributed by atoms with E-state index in [1.807, 2.05) is 0 Å². The third-order valence-electron chi connectivity index (χ3n) is 1.91. The van der Waals surface area contributed by atoms with E-state index in [1.165, 1.54) is 12.1 Å². The highest BCUT2D eigenvalue weighted by Gasteiger charge is 2.04. The van der Waals surface area contributed by atoms with Crippen molar-refractivity contribution in [2.24, 2.45) is 0 Å². The summed E-state index contributed by atoms with van der Waals surface area (Å²) in [5.74, 6) is -0.283. The quantitative estimate of drug-likeness (QED) is 0.788. The average Bonchev–Trinajstić information content (AvgIpc) is 2.56. The molecule has 0 unspecified atom stereocenters. The Bertz CT molecular complexity index is 487. The Morgan fingerprint density at radius 1 is 1.36 bits per heavy atom. The molecule has 72 valence electrons. The molecule has 4 heteroatoms. The van der Waals surface area contributed by atoms with Crippen LogP contribution in [0.25, 0.3) is 0 Å². The summed E-state index contributed by atoms with van der Waals surface area (Å²) in [6.07, 6.45) is 0.332. The van der Waals surface area contributed by atoms with Crippen LogP contribution in [0, 0.1) is 5.82 Å². The van der Waals surface area contributed by atoms with Crippen molar-refractivity contribution in [2.75, 3.05) is 0 Å². The largest absolute Gasteiger partial charge is 0.357 e. The van der Waals surface area contributed by atoms with Gasteiger partial charge in [-0.2, -0.15) is 0 Å². The number of hydrogen-bond acceptors (Lipinski definition) is 2. The fraction of sp³-hybridized carbons (Fsp3) is 0.100. The molecule has 0 radical (unpaired) electrons. The summed E-state index contributed by atoms with van der Waals surface area (Å²) in [5, 5.41) is 2.43. The molecule has 1 aromatic carbocycles. The molecule has 2 rings (SSSR count). The van der Waals surface area contributed by atoms with Gasteiger partial charge in [-0.3, -0.25) is 0 Å². The third-order valence-corrected chi connectivity index (χ3v) is 1.91. The monoisotopic (exact) mass is 193 g/mol. The van der Waals surface area contributed by atoms with Gasteiger partial charge in [0.15, 0.2) is 0 Å². The SMILES string of the molecule is O=c1cc(Cc2ccccc2F)[nH]o1. The van der Waals surface area contributed by atoms with E-state index in [0.29, 0.717) is 17.7 Å². The van der Waals surface area contributed by atoms with Gasteiger partial charge in [0, 0.05) is 12.5 Å². The lowest BCUT2D eigenvalue weighted by Gasteiger charge is -1.98. The van der Waals surface area contributed by atoms with Gasteiger partial charge >= 0.3 is 5.63 Å². The second-order valence-corrected chi connectivity index (χ2v) is 2.96. The van der Waals surface area contributed by atoms with Gasteiger partial charge in [-0.1, -0.05) is 18.2 Å². The molecular weight excluding hydrogens is 185 g/mol. The van der Waals surface area contributed by atoms with Crippen LogP contribution in [-0.2, 0) is 6.42 Å². The first-order chi connectivity index (χ1) is 6.75. The summed E-state index contributed by atoms with van der Waals surface area (Å²) in [4.78, 5) is 10.7. The highest BCUT2D eigenvalue weighted by Crippen LogP contribution is 2.10. The molecule has 0 spiro atoms. The minimum Gasteiger partial charge on any atom is -0.339 e. The zero-order chi connectivity index (χ0) is 9.97. The van der Waals surface area contributed by atoms with E-state index in [9.17, 15) is 9.18 Å². The molecule has 1 N–H and O–H groups in total. The van der Waals surface area contributed by atoms with Crippen LogP contribution in [0.3, 0.4) is 0 Å². The number of benzene rings is 1. The maximum absolute atomic E-state index is 13.2. The third kappa shape index (κ3) is 1.74. The zero-order valence-electron chi connectivity index (χ0n) is 7.29. The van der Waals surface area contributed by atoms with E-state index in [-0.39, 0.29) is 5.82 Å². The van der Waals surface area contributed by atoms with Crippen LogP contribution in [0.15, 0.2) is 39.6 Å². The Morgan fingerprint density at radius 2 is 2.14 bits per heavy atom. The maximum atomic E-state index is 13.2. The maximum Gasteiger partial charge on any atom is 0.357 e. The van der Waals surface area contributed by atoms with Crippen molar-refractivity contribution in [1.29, 1.82) is 0 Å². The molecule has 14 heavy (non-hydrogen) atoms. The summed E-state index contributed by atoms with van der Waals surface area (Å²) in [7, 11) is 0. The van der Waals surface area contributed by atoms with Gasteiger partial charge in [-0.05, 0) is 11.6 Å². The predicted molar refractivity (Wildman–Crippen MR) is 48.5 cm³/mol.